The van der Waals surface area contributed by atoms with Crippen LogP contribution in [0.3, 0.4) is 0 Å². The van der Waals surface area contributed by atoms with Gasteiger partial charge in [0, 0.05) is 6.92 Å². The number of rotatable bonds is 11. The normalized spacial score (nSPS) is 9.50. The molecule has 20 heavy (non-hydrogen) atoms. The Balaban J connectivity index is 0. The SMILES string of the molecule is CCCCCCCCCCCCOC(C)=O.N=C(N)N. The molecule has 0 aromatic carbocycles. The number of hydrogen-bond acceptors (Lipinski definition) is 3. The highest BCUT2D eigenvalue weighted by Crippen LogP contribution is 2.10. The van der Waals surface area contributed by atoms with Gasteiger partial charge in [-0.25, -0.2) is 0 Å². The topological polar surface area (TPSA) is 102 Å². The third kappa shape index (κ3) is 30.1. The highest BCUT2D eigenvalue weighted by atomic mass is 16.5. The third-order valence-corrected chi connectivity index (χ3v) is 2.80. The van der Waals surface area contributed by atoms with Gasteiger partial charge < -0.3 is 16.2 Å². The number of esters is 1. The van der Waals surface area contributed by atoms with Gasteiger partial charge in [0.05, 0.1) is 6.61 Å². The minimum atomic E-state index is -0.333. The first-order valence-electron chi connectivity index (χ1n) is 7.73. The zero-order valence-electron chi connectivity index (χ0n) is 13.2. The quantitative estimate of drug-likeness (QED) is 0.235. The minimum absolute atomic E-state index is 0.157. The van der Waals surface area contributed by atoms with E-state index in [1.807, 2.05) is 0 Å². The summed E-state index contributed by atoms with van der Waals surface area (Å²) in [5, 5.41) is 6.06. The van der Waals surface area contributed by atoms with E-state index in [2.05, 4.69) is 18.4 Å². The first-order chi connectivity index (χ1) is 9.50. The molecule has 0 spiro atoms. The van der Waals surface area contributed by atoms with Crippen molar-refractivity contribution in [1.82, 2.24) is 0 Å². The van der Waals surface area contributed by atoms with E-state index in [1.165, 1.54) is 64.7 Å². The second-order valence-electron chi connectivity index (χ2n) is 4.98. The number of carbonyl (C=O) groups excluding carboxylic acids is 1. The zero-order valence-corrected chi connectivity index (χ0v) is 13.2. The number of ether oxygens (including phenoxy) is 1. The van der Waals surface area contributed by atoms with Crippen molar-refractivity contribution < 1.29 is 9.53 Å². The summed E-state index contributed by atoms with van der Waals surface area (Å²) < 4.78 is 4.87. The lowest BCUT2D eigenvalue weighted by atomic mass is 10.1. The van der Waals surface area contributed by atoms with Gasteiger partial charge in [-0.1, -0.05) is 64.7 Å². The summed E-state index contributed by atoms with van der Waals surface area (Å²) in [6, 6.07) is 0. The van der Waals surface area contributed by atoms with Crippen LogP contribution < -0.4 is 11.5 Å². The number of hydrogen-bond donors (Lipinski definition) is 3. The molecule has 0 aromatic heterocycles. The molecule has 0 atom stereocenters. The van der Waals surface area contributed by atoms with Gasteiger partial charge >= 0.3 is 5.97 Å². The van der Waals surface area contributed by atoms with Crippen molar-refractivity contribution in [3.05, 3.63) is 0 Å². The van der Waals surface area contributed by atoms with Gasteiger partial charge in [0.25, 0.3) is 0 Å². The highest BCUT2D eigenvalue weighted by Gasteiger charge is 1.94. The average molecular weight is 287 g/mol. The molecule has 5 N–H and O–H groups in total. The molecule has 0 aliphatic rings. The van der Waals surface area contributed by atoms with Gasteiger partial charge in [-0.15, -0.1) is 0 Å². The Morgan fingerprint density at radius 2 is 1.25 bits per heavy atom. The van der Waals surface area contributed by atoms with E-state index in [1.54, 1.807) is 0 Å². The number of guanidine groups is 1. The van der Waals surface area contributed by atoms with E-state index >= 15 is 0 Å². The molecule has 5 nitrogen and oxygen atoms in total. The first kappa shape index (κ1) is 21.0. The van der Waals surface area contributed by atoms with Gasteiger partial charge in [-0.3, -0.25) is 10.2 Å². The van der Waals surface area contributed by atoms with Crippen LogP contribution in [-0.2, 0) is 9.53 Å². The maximum absolute atomic E-state index is 10.5. The van der Waals surface area contributed by atoms with Gasteiger partial charge in [0.15, 0.2) is 5.96 Å². The van der Waals surface area contributed by atoms with Crippen molar-refractivity contribution in [3.8, 4) is 0 Å². The van der Waals surface area contributed by atoms with Crippen LogP contribution in [0, 0.1) is 5.41 Å². The fourth-order valence-electron chi connectivity index (χ4n) is 1.81. The first-order valence-corrected chi connectivity index (χ1v) is 7.73. The van der Waals surface area contributed by atoms with Crippen LogP contribution in [0.2, 0.25) is 0 Å². The maximum atomic E-state index is 10.5. The second kappa shape index (κ2) is 17.7. The lowest BCUT2D eigenvalue weighted by Crippen LogP contribution is -2.20. The van der Waals surface area contributed by atoms with Crippen molar-refractivity contribution in [2.24, 2.45) is 11.5 Å². The van der Waals surface area contributed by atoms with E-state index in [0.29, 0.717) is 6.61 Å². The van der Waals surface area contributed by atoms with Crippen molar-refractivity contribution >= 4 is 11.9 Å². The summed E-state index contributed by atoms with van der Waals surface area (Å²) in [5.41, 5.74) is 8.94. The molecule has 0 bridgehead atoms. The molecular weight excluding hydrogens is 254 g/mol. The minimum Gasteiger partial charge on any atom is -0.466 e. The Kier molecular flexibility index (Phi) is 18.7. The van der Waals surface area contributed by atoms with E-state index in [4.69, 9.17) is 10.1 Å². The van der Waals surface area contributed by atoms with Crippen LogP contribution in [0.5, 0.6) is 0 Å². The lowest BCUT2D eigenvalue weighted by Gasteiger charge is -2.02. The lowest BCUT2D eigenvalue weighted by molar-refractivity contribution is -0.141. The highest BCUT2D eigenvalue weighted by molar-refractivity contribution is 5.71. The van der Waals surface area contributed by atoms with E-state index in [9.17, 15) is 4.79 Å². The Morgan fingerprint density at radius 3 is 1.60 bits per heavy atom. The van der Waals surface area contributed by atoms with Gasteiger partial charge in [-0.05, 0) is 6.42 Å². The Labute approximate surface area is 123 Å². The molecule has 0 radical (unpaired) electrons. The number of unbranched alkanes of at least 4 members (excludes halogenated alkanes) is 9. The molecule has 0 saturated heterocycles. The van der Waals surface area contributed by atoms with Crippen LogP contribution in [0.1, 0.15) is 78.1 Å². The monoisotopic (exact) mass is 287 g/mol. The fourth-order valence-corrected chi connectivity index (χ4v) is 1.81. The van der Waals surface area contributed by atoms with E-state index in [0.717, 1.165) is 6.42 Å². The van der Waals surface area contributed by atoms with Crippen molar-refractivity contribution in [3.63, 3.8) is 0 Å². The molecule has 0 heterocycles. The zero-order chi connectivity index (χ0) is 15.6. The predicted octanol–water partition coefficient (Wildman–Crippen LogP) is 3.31. The molecular formula is C15H33N3O2. The molecule has 120 valence electrons. The molecule has 0 rings (SSSR count). The van der Waals surface area contributed by atoms with Crippen molar-refractivity contribution in [2.75, 3.05) is 6.61 Å². The molecule has 0 aliphatic heterocycles. The summed E-state index contributed by atoms with van der Waals surface area (Å²) >= 11 is 0. The van der Waals surface area contributed by atoms with Crippen LogP contribution in [0.25, 0.3) is 0 Å². The Morgan fingerprint density at radius 1 is 0.900 bits per heavy atom. The molecule has 0 amide bonds. The molecule has 0 fully saturated rings. The van der Waals surface area contributed by atoms with E-state index < -0.39 is 0 Å². The Bertz CT molecular complexity index is 229. The molecule has 5 heteroatoms. The third-order valence-electron chi connectivity index (χ3n) is 2.80. The summed E-state index contributed by atoms with van der Waals surface area (Å²) in [5.74, 6) is -0.490. The number of carbonyl (C=O) groups is 1. The fraction of sp³-hybridized carbons (Fsp3) is 0.867. The van der Waals surface area contributed by atoms with Crippen LogP contribution in [0.4, 0.5) is 0 Å². The largest absolute Gasteiger partial charge is 0.466 e. The van der Waals surface area contributed by atoms with E-state index in [-0.39, 0.29) is 11.9 Å². The molecule has 0 unspecified atom stereocenters. The summed E-state index contributed by atoms with van der Waals surface area (Å²) in [6.07, 6.45) is 13.1. The average Bonchev–Trinajstić information content (AvgIpc) is 2.35. The van der Waals surface area contributed by atoms with Crippen LogP contribution >= 0.6 is 0 Å². The summed E-state index contributed by atoms with van der Waals surface area (Å²) in [6.45, 7) is 4.32. The van der Waals surface area contributed by atoms with Gasteiger partial charge in [0.1, 0.15) is 0 Å². The maximum Gasteiger partial charge on any atom is 0.302 e. The molecule has 0 aliphatic carbocycles. The molecule has 0 saturated carbocycles. The van der Waals surface area contributed by atoms with Crippen molar-refractivity contribution in [1.29, 1.82) is 5.41 Å². The molecule has 0 aromatic rings. The summed E-state index contributed by atoms with van der Waals surface area (Å²) in [4.78, 5) is 10.5. The van der Waals surface area contributed by atoms with Crippen LogP contribution in [-0.4, -0.2) is 18.5 Å². The van der Waals surface area contributed by atoms with Gasteiger partial charge in [-0.2, -0.15) is 0 Å². The smallest absolute Gasteiger partial charge is 0.302 e. The van der Waals surface area contributed by atoms with Crippen molar-refractivity contribution in [2.45, 2.75) is 78.1 Å². The Hall–Kier alpha value is -1.26. The van der Waals surface area contributed by atoms with Gasteiger partial charge in [0.2, 0.25) is 0 Å². The van der Waals surface area contributed by atoms with Crippen LogP contribution in [0.15, 0.2) is 0 Å². The second-order valence-corrected chi connectivity index (χ2v) is 4.98. The number of nitrogens with one attached hydrogen (secondary N) is 1. The summed E-state index contributed by atoms with van der Waals surface area (Å²) in [7, 11) is 0. The standard InChI is InChI=1S/C14H28O2.CH5N3/c1-3-4-5-6-7-8-9-10-11-12-13-16-14(2)15;2-1(3)4/h3-13H2,1-2H3;(H5,2,3,4). The number of nitrogens with two attached hydrogens (primary N) is 2. The predicted molar refractivity (Wildman–Crippen MR) is 84.6 cm³/mol.